The predicted molar refractivity (Wildman–Crippen MR) is 85.6 cm³/mol. The van der Waals surface area contributed by atoms with Gasteiger partial charge in [-0.05, 0) is 25.3 Å². The minimum Gasteiger partial charge on any atom is -0.383 e. The monoisotopic (exact) mass is 323 g/mol. The molecular weight excluding hydrogens is 298 g/mol. The number of nitrogens with zero attached hydrogens (tertiary/aromatic N) is 2. The van der Waals surface area contributed by atoms with Gasteiger partial charge in [-0.1, -0.05) is 6.42 Å². The SMILES string of the molecule is COCCNC(=O)Cn1cc(NC(=O)[C@@H]2CCC[C@@H]2CN)cn1. The Morgan fingerprint density at radius 1 is 1.48 bits per heavy atom. The van der Waals surface area contributed by atoms with Crippen LogP contribution in [-0.4, -0.2) is 48.4 Å². The van der Waals surface area contributed by atoms with Crippen LogP contribution in [0.2, 0.25) is 0 Å². The summed E-state index contributed by atoms with van der Waals surface area (Å²) in [5.74, 6) is 0.0707. The van der Waals surface area contributed by atoms with Crippen LogP contribution in [-0.2, 0) is 20.9 Å². The molecule has 0 aromatic carbocycles. The number of carbonyl (C=O) groups excluding carboxylic acids is 2. The van der Waals surface area contributed by atoms with Crippen LogP contribution in [0.15, 0.2) is 12.4 Å². The van der Waals surface area contributed by atoms with Crippen molar-refractivity contribution in [3.05, 3.63) is 12.4 Å². The highest BCUT2D eigenvalue weighted by molar-refractivity contribution is 5.92. The maximum atomic E-state index is 12.3. The fourth-order valence-electron chi connectivity index (χ4n) is 2.91. The van der Waals surface area contributed by atoms with Crippen LogP contribution in [0.3, 0.4) is 0 Å². The maximum Gasteiger partial charge on any atom is 0.241 e. The molecule has 2 atom stereocenters. The maximum absolute atomic E-state index is 12.3. The van der Waals surface area contributed by atoms with E-state index in [1.807, 2.05) is 0 Å². The molecule has 4 N–H and O–H groups in total. The highest BCUT2D eigenvalue weighted by atomic mass is 16.5. The number of hydrogen-bond acceptors (Lipinski definition) is 5. The summed E-state index contributed by atoms with van der Waals surface area (Å²) in [6, 6.07) is 0. The average molecular weight is 323 g/mol. The van der Waals surface area contributed by atoms with Gasteiger partial charge in [-0.15, -0.1) is 0 Å². The van der Waals surface area contributed by atoms with Crippen LogP contribution in [0.4, 0.5) is 5.69 Å². The molecule has 0 unspecified atom stereocenters. The molecule has 1 aliphatic carbocycles. The Balaban J connectivity index is 1.82. The average Bonchev–Trinajstić information content (AvgIpc) is 3.16. The van der Waals surface area contributed by atoms with E-state index >= 15 is 0 Å². The van der Waals surface area contributed by atoms with Crippen LogP contribution in [0.25, 0.3) is 0 Å². The molecule has 1 aromatic heterocycles. The van der Waals surface area contributed by atoms with Crippen molar-refractivity contribution in [3.8, 4) is 0 Å². The molecule has 1 aromatic rings. The quantitative estimate of drug-likeness (QED) is 0.581. The van der Waals surface area contributed by atoms with Crippen molar-refractivity contribution in [2.75, 3.05) is 32.1 Å². The summed E-state index contributed by atoms with van der Waals surface area (Å²) in [6.07, 6.45) is 6.13. The molecule has 0 bridgehead atoms. The van der Waals surface area contributed by atoms with Gasteiger partial charge in [-0.3, -0.25) is 14.3 Å². The Kier molecular flexibility index (Phi) is 6.54. The van der Waals surface area contributed by atoms with E-state index in [0.29, 0.717) is 25.4 Å². The molecule has 0 aliphatic heterocycles. The number of amides is 2. The smallest absolute Gasteiger partial charge is 0.241 e. The normalized spacial score (nSPS) is 20.4. The summed E-state index contributed by atoms with van der Waals surface area (Å²) in [4.78, 5) is 24.0. The van der Waals surface area contributed by atoms with Crippen molar-refractivity contribution in [2.24, 2.45) is 17.6 Å². The first-order valence-corrected chi connectivity index (χ1v) is 7.93. The summed E-state index contributed by atoms with van der Waals surface area (Å²) < 4.78 is 6.36. The van der Waals surface area contributed by atoms with E-state index in [2.05, 4.69) is 15.7 Å². The van der Waals surface area contributed by atoms with E-state index in [1.165, 1.54) is 4.68 Å². The molecule has 8 nitrogen and oxygen atoms in total. The molecule has 8 heteroatoms. The number of carbonyl (C=O) groups is 2. The third-order valence-corrected chi connectivity index (χ3v) is 4.13. The van der Waals surface area contributed by atoms with Crippen LogP contribution in [0.5, 0.6) is 0 Å². The van der Waals surface area contributed by atoms with Crippen LogP contribution < -0.4 is 16.4 Å². The topological polar surface area (TPSA) is 111 Å². The summed E-state index contributed by atoms with van der Waals surface area (Å²) >= 11 is 0. The van der Waals surface area contributed by atoms with Gasteiger partial charge in [-0.25, -0.2) is 0 Å². The molecule has 1 saturated carbocycles. The summed E-state index contributed by atoms with van der Waals surface area (Å²) in [6.45, 7) is 1.58. The first kappa shape index (κ1) is 17.4. The third-order valence-electron chi connectivity index (χ3n) is 4.13. The second-order valence-electron chi connectivity index (χ2n) is 5.79. The standard InChI is InChI=1S/C15H25N5O3/c1-23-6-5-17-14(21)10-20-9-12(8-18-20)19-15(22)13-4-2-3-11(13)7-16/h8-9,11,13H,2-7,10,16H2,1H3,(H,17,21)(H,19,22)/t11-,13-/m1/s1. The Labute approximate surface area is 135 Å². The van der Waals surface area contributed by atoms with Crippen LogP contribution in [0.1, 0.15) is 19.3 Å². The first-order valence-electron chi connectivity index (χ1n) is 7.93. The Bertz CT molecular complexity index is 531. The number of ether oxygens (including phenoxy) is 1. The van der Waals surface area contributed by atoms with Crippen molar-refractivity contribution in [2.45, 2.75) is 25.8 Å². The first-order chi connectivity index (χ1) is 11.1. The zero-order valence-electron chi connectivity index (χ0n) is 13.5. The van der Waals surface area contributed by atoms with Gasteiger partial charge in [0.1, 0.15) is 6.54 Å². The van der Waals surface area contributed by atoms with Gasteiger partial charge in [0.2, 0.25) is 11.8 Å². The number of hydrogen-bond donors (Lipinski definition) is 3. The van der Waals surface area contributed by atoms with Gasteiger partial charge >= 0.3 is 0 Å². The number of rotatable bonds is 8. The largest absolute Gasteiger partial charge is 0.383 e. The molecule has 2 rings (SSSR count). The minimum absolute atomic E-state index is 0.0120. The van der Waals surface area contributed by atoms with Gasteiger partial charge in [0, 0.05) is 25.8 Å². The second kappa shape index (κ2) is 8.64. The Hall–Kier alpha value is -1.93. The van der Waals surface area contributed by atoms with Gasteiger partial charge in [0.05, 0.1) is 18.5 Å². The molecule has 1 heterocycles. The van der Waals surface area contributed by atoms with Gasteiger partial charge < -0.3 is 21.1 Å². The molecule has 0 saturated heterocycles. The lowest BCUT2D eigenvalue weighted by Crippen LogP contribution is -2.30. The zero-order chi connectivity index (χ0) is 16.7. The minimum atomic E-state index is -0.151. The van der Waals surface area contributed by atoms with E-state index in [4.69, 9.17) is 10.5 Å². The van der Waals surface area contributed by atoms with E-state index < -0.39 is 0 Å². The number of nitrogens with two attached hydrogens (primary N) is 1. The number of aromatic nitrogens is 2. The lowest BCUT2D eigenvalue weighted by Gasteiger charge is -2.16. The molecular formula is C15H25N5O3. The van der Waals surface area contributed by atoms with Crippen molar-refractivity contribution < 1.29 is 14.3 Å². The Morgan fingerprint density at radius 3 is 3.04 bits per heavy atom. The highest BCUT2D eigenvalue weighted by Gasteiger charge is 2.32. The van der Waals surface area contributed by atoms with Gasteiger partial charge in [-0.2, -0.15) is 5.10 Å². The summed E-state index contributed by atoms with van der Waals surface area (Å²) in [7, 11) is 1.58. The molecule has 0 radical (unpaired) electrons. The zero-order valence-corrected chi connectivity index (χ0v) is 13.5. The van der Waals surface area contributed by atoms with Crippen molar-refractivity contribution in [1.82, 2.24) is 15.1 Å². The van der Waals surface area contributed by atoms with E-state index in [9.17, 15) is 9.59 Å². The molecule has 1 fully saturated rings. The lowest BCUT2D eigenvalue weighted by molar-refractivity contribution is -0.122. The van der Waals surface area contributed by atoms with Crippen molar-refractivity contribution in [1.29, 1.82) is 0 Å². The number of nitrogens with one attached hydrogen (secondary N) is 2. The molecule has 0 spiro atoms. The van der Waals surface area contributed by atoms with E-state index in [1.54, 1.807) is 19.5 Å². The fourth-order valence-corrected chi connectivity index (χ4v) is 2.91. The summed E-state index contributed by atoms with van der Waals surface area (Å²) in [5.41, 5.74) is 6.31. The summed E-state index contributed by atoms with van der Waals surface area (Å²) in [5, 5.41) is 9.67. The van der Waals surface area contributed by atoms with Crippen molar-refractivity contribution >= 4 is 17.5 Å². The number of methoxy groups -OCH3 is 1. The van der Waals surface area contributed by atoms with Gasteiger partial charge in [0.25, 0.3) is 0 Å². The molecule has 23 heavy (non-hydrogen) atoms. The predicted octanol–water partition coefficient (Wildman–Crippen LogP) is -0.0408. The molecule has 1 aliphatic rings. The van der Waals surface area contributed by atoms with Gasteiger partial charge in [0.15, 0.2) is 0 Å². The molecule has 128 valence electrons. The third kappa shape index (κ3) is 5.04. The molecule has 2 amide bonds. The Morgan fingerprint density at radius 2 is 2.30 bits per heavy atom. The van der Waals surface area contributed by atoms with Crippen molar-refractivity contribution in [3.63, 3.8) is 0 Å². The lowest BCUT2D eigenvalue weighted by atomic mass is 9.95. The fraction of sp³-hybridized carbons (Fsp3) is 0.667. The van der Waals surface area contributed by atoms with Crippen LogP contribution >= 0.6 is 0 Å². The van der Waals surface area contributed by atoms with E-state index in [-0.39, 0.29) is 30.2 Å². The van der Waals surface area contributed by atoms with E-state index in [0.717, 1.165) is 19.3 Å². The number of anilines is 1. The van der Waals surface area contributed by atoms with Crippen LogP contribution in [0, 0.1) is 11.8 Å². The second-order valence-corrected chi connectivity index (χ2v) is 5.79. The highest BCUT2D eigenvalue weighted by Crippen LogP contribution is 2.31.